The van der Waals surface area contributed by atoms with Crippen molar-refractivity contribution in [3.8, 4) is 0 Å². The molecule has 0 atom stereocenters. The van der Waals surface area contributed by atoms with E-state index in [-0.39, 0.29) is 5.82 Å². The van der Waals surface area contributed by atoms with E-state index in [9.17, 15) is 4.79 Å². The molecule has 0 aliphatic heterocycles. The minimum atomic E-state index is -0.554. The number of carbonyl (C=O) groups excluding carboxylic acids is 1. The van der Waals surface area contributed by atoms with Crippen LogP contribution in [-0.2, 0) is 4.74 Å². The van der Waals surface area contributed by atoms with Crippen molar-refractivity contribution in [1.29, 1.82) is 0 Å². The maximum atomic E-state index is 11.6. The number of rotatable bonds is 1. The number of nitrogens with zero attached hydrogens (tertiary/aromatic N) is 4. The molecule has 0 spiro atoms. The number of ether oxygens (including phenoxy) is 1. The predicted octanol–water partition coefficient (Wildman–Crippen LogP) is 1.08. The molecular weight excluding hydrogens is 208 g/mol. The highest BCUT2D eigenvalue weighted by molar-refractivity contribution is 5.85. The molecule has 2 heterocycles. The van der Waals surface area contributed by atoms with E-state index < -0.39 is 11.6 Å². The highest BCUT2D eigenvalue weighted by Gasteiger charge is 2.21. The van der Waals surface area contributed by atoms with E-state index in [1.54, 1.807) is 39.2 Å². The normalized spacial score (nSPS) is 11.7. The first-order valence-corrected chi connectivity index (χ1v) is 4.86. The summed E-state index contributed by atoms with van der Waals surface area (Å²) in [6.07, 6.45) is 3.26. The van der Waals surface area contributed by atoms with Gasteiger partial charge in [0.1, 0.15) is 5.60 Å². The van der Waals surface area contributed by atoms with Gasteiger partial charge >= 0.3 is 5.97 Å². The van der Waals surface area contributed by atoms with Gasteiger partial charge < -0.3 is 4.74 Å². The Kier molecular flexibility index (Phi) is 2.34. The van der Waals surface area contributed by atoms with Gasteiger partial charge in [-0.2, -0.15) is 4.98 Å². The molecule has 0 aromatic carbocycles. The van der Waals surface area contributed by atoms with Crippen molar-refractivity contribution < 1.29 is 9.53 Å². The molecule has 2 aromatic rings. The fraction of sp³-hybridized carbons (Fsp3) is 0.400. The van der Waals surface area contributed by atoms with Gasteiger partial charge in [0.2, 0.25) is 0 Å². The number of fused-ring (bicyclic) bond motifs is 1. The second-order valence-corrected chi connectivity index (χ2v) is 4.30. The Morgan fingerprint density at radius 3 is 2.81 bits per heavy atom. The molecule has 0 aliphatic rings. The number of aromatic nitrogens is 4. The second kappa shape index (κ2) is 3.55. The first-order chi connectivity index (χ1) is 7.46. The molecule has 6 nitrogen and oxygen atoms in total. The lowest BCUT2D eigenvalue weighted by Gasteiger charge is -2.17. The molecule has 0 fully saturated rings. The largest absolute Gasteiger partial charge is 0.454 e. The van der Waals surface area contributed by atoms with Crippen molar-refractivity contribution in [1.82, 2.24) is 19.6 Å². The van der Waals surface area contributed by atoms with Crippen molar-refractivity contribution >= 4 is 11.7 Å². The third-order valence-electron chi connectivity index (χ3n) is 1.70. The maximum Gasteiger partial charge on any atom is 0.378 e. The first kappa shape index (κ1) is 10.5. The number of hydrogen-bond acceptors (Lipinski definition) is 5. The van der Waals surface area contributed by atoms with Crippen LogP contribution in [0.3, 0.4) is 0 Å². The van der Waals surface area contributed by atoms with Gasteiger partial charge in [-0.15, -0.1) is 5.10 Å². The standard InChI is InChI=1S/C10H12N4O2/c1-10(2,3)16-8(15)7-12-9-11-5-4-6-14(9)13-7/h4-6H,1-3H3. The highest BCUT2D eigenvalue weighted by atomic mass is 16.6. The van der Waals surface area contributed by atoms with Crippen molar-refractivity contribution in [3.63, 3.8) is 0 Å². The Balaban J connectivity index is 2.30. The third kappa shape index (κ3) is 2.16. The summed E-state index contributed by atoms with van der Waals surface area (Å²) < 4.78 is 6.58. The molecule has 0 amide bonds. The molecule has 2 rings (SSSR count). The quantitative estimate of drug-likeness (QED) is 0.672. The van der Waals surface area contributed by atoms with E-state index in [0.717, 1.165) is 0 Å². The number of esters is 1. The van der Waals surface area contributed by atoms with Crippen LogP contribution in [0, 0.1) is 0 Å². The number of carbonyl (C=O) groups is 1. The molecule has 84 valence electrons. The summed E-state index contributed by atoms with van der Waals surface area (Å²) >= 11 is 0. The van der Waals surface area contributed by atoms with Gasteiger partial charge in [0.25, 0.3) is 11.6 Å². The summed E-state index contributed by atoms with van der Waals surface area (Å²) in [5, 5.41) is 3.97. The Hall–Kier alpha value is -1.98. The SMILES string of the molecule is CC(C)(C)OC(=O)c1nc2ncccn2n1. The molecule has 6 heteroatoms. The van der Waals surface area contributed by atoms with Gasteiger partial charge in [0.15, 0.2) is 0 Å². The summed E-state index contributed by atoms with van der Waals surface area (Å²) in [5.74, 6) is -0.144. The average Bonchev–Trinajstić information content (AvgIpc) is 2.58. The molecule has 0 saturated carbocycles. The maximum absolute atomic E-state index is 11.6. The zero-order chi connectivity index (χ0) is 11.8. The molecule has 16 heavy (non-hydrogen) atoms. The molecular formula is C10H12N4O2. The van der Waals surface area contributed by atoms with Gasteiger partial charge in [-0.3, -0.25) is 0 Å². The Labute approximate surface area is 92.3 Å². The molecule has 0 saturated heterocycles. The molecule has 0 bridgehead atoms. The van der Waals surface area contributed by atoms with Crippen molar-refractivity contribution in [2.75, 3.05) is 0 Å². The van der Waals surface area contributed by atoms with Crippen molar-refractivity contribution in [3.05, 3.63) is 24.3 Å². The summed E-state index contributed by atoms with van der Waals surface area (Å²) in [4.78, 5) is 19.6. The van der Waals surface area contributed by atoms with Crippen LogP contribution in [0.4, 0.5) is 0 Å². The van der Waals surface area contributed by atoms with E-state index in [2.05, 4.69) is 15.1 Å². The van der Waals surface area contributed by atoms with Gasteiger partial charge in [-0.25, -0.2) is 14.3 Å². The lowest BCUT2D eigenvalue weighted by Crippen LogP contribution is -2.24. The zero-order valence-corrected chi connectivity index (χ0v) is 9.34. The van der Waals surface area contributed by atoms with Crippen molar-refractivity contribution in [2.24, 2.45) is 0 Å². The zero-order valence-electron chi connectivity index (χ0n) is 9.34. The van der Waals surface area contributed by atoms with Crippen LogP contribution >= 0.6 is 0 Å². The fourth-order valence-corrected chi connectivity index (χ4v) is 1.14. The summed E-state index contributed by atoms with van der Waals surface area (Å²) in [6.45, 7) is 5.37. The van der Waals surface area contributed by atoms with E-state index in [1.165, 1.54) is 4.52 Å². The predicted molar refractivity (Wildman–Crippen MR) is 56.0 cm³/mol. The van der Waals surface area contributed by atoms with Gasteiger partial charge in [0.05, 0.1) is 0 Å². The Morgan fingerprint density at radius 2 is 2.19 bits per heavy atom. The molecule has 2 aromatic heterocycles. The summed E-state index contributed by atoms with van der Waals surface area (Å²) in [6, 6.07) is 1.71. The van der Waals surface area contributed by atoms with Crippen LogP contribution in [0.15, 0.2) is 18.5 Å². The first-order valence-electron chi connectivity index (χ1n) is 4.86. The van der Waals surface area contributed by atoms with Crippen molar-refractivity contribution in [2.45, 2.75) is 26.4 Å². The topological polar surface area (TPSA) is 69.4 Å². The average molecular weight is 220 g/mol. The minimum Gasteiger partial charge on any atom is -0.454 e. The van der Waals surface area contributed by atoms with Crippen LogP contribution in [0.1, 0.15) is 31.4 Å². The Morgan fingerprint density at radius 1 is 1.44 bits per heavy atom. The molecule has 0 radical (unpaired) electrons. The van der Waals surface area contributed by atoms with Crippen LogP contribution < -0.4 is 0 Å². The fourth-order valence-electron chi connectivity index (χ4n) is 1.14. The van der Waals surface area contributed by atoms with E-state index in [1.807, 2.05) is 0 Å². The summed E-state index contributed by atoms with van der Waals surface area (Å²) in [7, 11) is 0. The molecule has 0 aliphatic carbocycles. The Bertz CT molecular complexity index is 494. The lowest BCUT2D eigenvalue weighted by molar-refractivity contribution is 0.00560. The lowest BCUT2D eigenvalue weighted by atomic mass is 10.2. The van der Waals surface area contributed by atoms with E-state index in [4.69, 9.17) is 4.74 Å². The van der Waals surface area contributed by atoms with E-state index >= 15 is 0 Å². The monoisotopic (exact) mass is 220 g/mol. The van der Waals surface area contributed by atoms with E-state index in [0.29, 0.717) is 5.78 Å². The molecule has 0 N–H and O–H groups in total. The van der Waals surface area contributed by atoms with Gasteiger partial charge in [-0.05, 0) is 26.8 Å². The number of hydrogen-bond donors (Lipinski definition) is 0. The van der Waals surface area contributed by atoms with Crippen LogP contribution in [0.25, 0.3) is 5.78 Å². The highest BCUT2D eigenvalue weighted by Crippen LogP contribution is 2.10. The third-order valence-corrected chi connectivity index (χ3v) is 1.70. The van der Waals surface area contributed by atoms with Crippen LogP contribution in [0.5, 0.6) is 0 Å². The summed E-state index contributed by atoms with van der Waals surface area (Å²) in [5.41, 5.74) is -0.554. The van der Waals surface area contributed by atoms with Crippen LogP contribution in [-0.4, -0.2) is 31.2 Å². The smallest absolute Gasteiger partial charge is 0.378 e. The van der Waals surface area contributed by atoms with Gasteiger partial charge in [-0.1, -0.05) is 0 Å². The second-order valence-electron chi connectivity index (χ2n) is 4.30. The van der Waals surface area contributed by atoms with Gasteiger partial charge in [0, 0.05) is 12.4 Å². The van der Waals surface area contributed by atoms with Crippen LogP contribution in [0.2, 0.25) is 0 Å². The minimum absolute atomic E-state index is 0.0219. The molecule has 0 unspecified atom stereocenters.